The molecule has 0 unspecified atom stereocenters. The van der Waals surface area contributed by atoms with Crippen LogP contribution < -0.4 is 5.01 Å². The van der Waals surface area contributed by atoms with Crippen molar-refractivity contribution in [3.63, 3.8) is 0 Å². The van der Waals surface area contributed by atoms with Gasteiger partial charge in [-0.1, -0.05) is 12.1 Å². The first-order chi connectivity index (χ1) is 15.7. The summed E-state index contributed by atoms with van der Waals surface area (Å²) >= 11 is 0. The Morgan fingerprint density at radius 1 is 0.818 bits per heavy atom. The number of hydrogen-bond acceptors (Lipinski definition) is 5. The second-order valence-corrected chi connectivity index (χ2v) is 8.26. The summed E-state index contributed by atoms with van der Waals surface area (Å²) < 4.78 is 5.94. The van der Waals surface area contributed by atoms with Crippen LogP contribution in [0.2, 0.25) is 0 Å². The molecule has 0 saturated heterocycles. The molecule has 5 rings (SSSR count). The van der Waals surface area contributed by atoms with Crippen LogP contribution in [0.1, 0.15) is 44.5 Å². The molecule has 0 fully saturated rings. The van der Waals surface area contributed by atoms with Crippen LogP contribution in [0.25, 0.3) is 17.4 Å². The number of carbonyl (C=O) groups excluding carboxylic acids is 3. The number of benzene rings is 2. The van der Waals surface area contributed by atoms with Gasteiger partial charge in [-0.25, -0.2) is 0 Å². The summed E-state index contributed by atoms with van der Waals surface area (Å²) in [7, 11) is 1.46. The highest BCUT2D eigenvalue weighted by atomic mass is 16.3. The van der Waals surface area contributed by atoms with Crippen LogP contribution in [-0.2, 0) is 4.79 Å². The minimum Gasteiger partial charge on any atom is -0.457 e. The van der Waals surface area contributed by atoms with Crippen molar-refractivity contribution in [1.29, 1.82) is 0 Å². The predicted molar refractivity (Wildman–Crippen MR) is 125 cm³/mol. The summed E-state index contributed by atoms with van der Waals surface area (Å²) in [4.78, 5) is 38.5. The maximum atomic E-state index is 13.0. The molecule has 0 spiro atoms. The van der Waals surface area contributed by atoms with Gasteiger partial charge in [0, 0.05) is 12.6 Å². The molecule has 0 bridgehead atoms. The molecule has 2 aliphatic rings. The predicted octanol–water partition coefficient (Wildman–Crippen LogP) is 4.60. The summed E-state index contributed by atoms with van der Waals surface area (Å²) in [6, 6.07) is 14.3. The lowest BCUT2D eigenvalue weighted by Gasteiger charge is -2.13. The third-order valence-electron chi connectivity index (χ3n) is 6.09. The second kappa shape index (κ2) is 7.41. The van der Waals surface area contributed by atoms with E-state index in [1.807, 2.05) is 32.0 Å². The standard InChI is InChI=1S/C26H21N3O4/c1-14-5-7-18(11-15(14)2)29-26(32)21(16(3)27-29)13-19-8-10-23(33-19)17-6-9-20-22(12-17)25(31)28(4)24(20)30/h5-13H,1-4H3. The number of anilines is 1. The molecule has 3 aromatic rings. The molecule has 164 valence electrons. The number of amides is 3. The third kappa shape index (κ3) is 3.29. The average molecular weight is 439 g/mol. The zero-order chi connectivity index (χ0) is 23.4. The molecule has 2 aromatic carbocycles. The van der Waals surface area contributed by atoms with Gasteiger partial charge in [0.15, 0.2) is 0 Å². The second-order valence-electron chi connectivity index (χ2n) is 8.26. The number of carbonyl (C=O) groups is 3. The fraction of sp³-hybridized carbons (Fsp3) is 0.154. The molecule has 7 heteroatoms. The monoisotopic (exact) mass is 439 g/mol. The molecule has 7 nitrogen and oxygen atoms in total. The van der Waals surface area contributed by atoms with Crippen molar-refractivity contribution >= 4 is 35.2 Å². The third-order valence-corrected chi connectivity index (χ3v) is 6.09. The molecule has 0 radical (unpaired) electrons. The van der Waals surface area contributed by atoms with Crippen LogP contribution >= 0.6 is 0 Å². The Hall–Kier alpha value is -4.26. The van der Waals surface area contributed by atoms with E-state index in [2.05, 4.69) is 5.10 Å². The van der Waals surface area contributed by atoms with E-state index in [0.717, 1.165) is 16.0 Å². The summed E-state index contributed by atoms with van der Waals surface area (Å²) in [6.45, 7) is 5.80. The highest BCUT2D eigenvalue weighted by molar-refractivity contribution is 6.32. The molecule has 0 saturated carbocycles. The summed E-state index contributed by atoms with van der Waals surface area (Å²) in [6.07, 6.45) is 1.67. The van der Waals surface area contributed by atoms with Gasteiger partial charge in [-0.15, -0.1) is 0 Å². The van der Waals surface area contributed by atoms with Gasteiger partial charge in [-0.05, 0) is 74.4 Å². The van der Waals surface area contributed by atoms with E-state index < -0.39 is 0 Å². The Morgan fingerprint density at radius 2 is 1.58 bits per heavy atom. The lowest BCUT2D eigenvalue weighted by atomic mass is 10.0. The first-order valence-electron chi connectivity index (χ1n) is 10.5. The molecule has 3 amide bonds. The van der Waals surface area contributed by atoms with Gasteiger partial charge in [0.1, 0.15) is 11.5 Å². The Balaban J connectivity index is 1.43. The number of fused-ring (bicyclic) bond motifs is 1. The van der Waals surface area contributed by atoms with Gasteiger partial charge in [-0.2, -0.15) is 10.1 Å². The first kappa shape index (κ1) is 20.6. The highest BCUT2D eigenvalue weighted by Gasteiger charge is 2.33. The molecule has 2 aliphatic heterocycles. The fourth-order valence-electron chi connectivity index (χ4n) is 3.96. The summed E-state index contributed by atoms with van der Waals surface area (Å²) in [5.41, 5.74) is 5.41. The quantitative estimate of drug-likeness (QED) is 0.441. The first-order valence-corrected chi connectivity index (χ1v) is 10.5. The van der Waals surface area contributed by atoms with Crippen LogP contribution in [-0.4, -0.2) is 35.4 Å². The average Bonchev–Trinajstić information content (AvgIpc) is 3.44. The van der Waals surface area contributed by atoms with Crippen molar-refractivity contribution in [2.45, 2.75) is 20.8 Å². The summed E-state index contributed by atoms with van der Waals surface area (Å²) in [5.74, 6) is 0.156. The van der Waals surface area contributed by atoms with Crippen molar-refractivity contribution in [1.82, 2.24) is 4.90 Å². The van der Waals surface area contributed by atoms with Crippen LogP contribution in [0.5, 0.6) is 0 Å². The van der Waals surface area contributed by atoms with Crippen molar-refractivity contribution in [2.24, 2.45) is 5.10 Å². The van der Waals surface area contributed by atoms with E-state index in [4.69, 9.17) is 4.42 Å². The maximum absolute atomic E-state index is 13.0. The largest absolute Gasteiger partial charge is 0.457 e. The Bertz CT molecular complexity index is 1430. The normalized spacial score (nSPS) is 16.8. The number of aryl methyl sites for hydroxylation is 2. The topological polar surface area (TPSA) is 83.2 Å². The SMILES string of the molecule is CC1=NN(c2ccc(C)c(C)c2)C(=O)C1=Cc1ccc(-c2ccc3c(c2)C(=O)N(C)C3=O)o1. The highest BCUT2D eigenvalue weighted by Crippen LogP contribution is 2.31. The number of nitrogens with zero attached hydrogens (tertiary/aromatic N) is 3. The van der Waals surface area contributed by atoms with E-state index in [-0.39, 0.29) is 17.7 Å². The van der Waals surface area contributed by atoms with E-state index >= 15 is 0 Å². The van der Waals surface area contributed by atoms with E-state index in [0.29, 0.717) is 45.2 Å². The van der Waals surface area contributed by atoms with Gasteiger partial charge in [0.05, 0.1) is 28.1 Å². The molecular weight excluding hydrogens is 418 g/mol. The van der Waals surface area contributed by atoms with Crippen LogP contribution in [0, 0.1) is 13.8 Å². The minimum atomic E-state index is -0.333. The Morgan fingerprint density at radius 3 is 2.33 bits per heavy atom. The van der Waals surface area contributed by atoms with Crippen molar-refractivity contribution < 1.29 is 18.8 Å². The smallest absolute Gasteiger partial charge is 0.280 e. The zero-order valence-electron chi connectivity index (χ0n) is 18.7. The van der Waals surface area contributed by atoms with Crippen LogP contribution in [0.3, 0.4) is 0 Å². The lowest BCUT2D eigenvalue weighted by molar-refractivity contribution is -0.114. The van der Waals surface area contributed by atoms with Gasteiger partial charge in [0.25, 0.3) is 17.7 Å². The van der Waals surface area contributed by atoms with Crippen LogP contribution in [0.4, 0.5) is 5.69 Å². The molecule has 33 heavy (non-hydrogen) atoms. The zero-order valence-corrected chi connectivity index (χ0v) is 18.7. The van der Waals surface area contributed by atoms with Crippen molar-refractivity contribution in [2.75, 3.05) is 12.1 Å². The molecule has 0 atom stereocenters. The lowest BCUT2D eigenvalue weighted by Crippen LogP contribution is -2.24. The number of hydrazone groups is 1. The molecule has 0 N–H and O–H groups in total. The van der Waals surface area contributed by atoms with Gasteiger partial charge in [0.2, 0.25) is 0 Å². The molecular formula is C26H21N3O4. The Kier molecular flexibility index (Phi) is 4.63. The molecule has 3 heterocycles. The van der Waals surface area contributed by atoms with E-state index in [9.17, 15) is 14.4 Å². The summed E-state index contributed by atoms with van der Waals surface area (Å²) in [5, 5.41) is 5.83. The number of rotatable bonds is 3. The number of imide groups is 1. The minimum absolute atomic E-state index is 0.224. The van der Waals surface area contributed by atoms with Gasteiger partial charge >= 0.3 is 0 Å². The molecule has 1 aromatic heterocycles. The fourth-order valence-corrected chi connectivity index (χ4v) is 3.96. The number of furan rings is 1. The van der Waals surface area contributed by atoms with Crippen molar-refractivity contribution in [3.8, 4) is 11.3 Å². The Labute approximate surface area is 190 Å². The molecule has 0 aliphatic carbocycles. The van der Waals surface area contributed by atoms with E-state index in [1.54, 1.807) is 43.3 Å². The van der Waals surface area contributed by atoms with Crippen LogP contribution in [0.15, 0.2) is 63.6 Å². The van der Waals surface area contributed by atoms with Gasteiger partial charge in [-0.3, -0.25) is 19.3 Å². The van der Waals surface area contributed by atoms with Gasteiger partial charge < -0.3 is 4.42 Å². The number of hydrogen-bond donors (Lipinski definition) is 0. The van der Waals surface area contributed by atoms with Crippen molar-refractivity contribution in [3.05, 3.63) is 82.1 Å². The van der Waals surface area contributed by atoms with E-state index in [1.165, 1.54) is 12.1 Å². The maximum Gasteiger partial charge on any atom is 0.280 e.